The first-order chi connectivity index (χ1) is 10.1. The average Bonchev–Trinajstić information content (AvgIpc) is 2.46. The second-order valence-electron chi connectivity index (χ2n) is 5.55. The molecule has 2 rings (SSSR count). The Hall–Kier alpha value is -1.94. The lowest BCUT2D eigenvalue weighted by atomic mass is 10.1. The van der Waals surface area contributed by atoms with Crippen molar-refractivity contribution in [3.8, 4) is 0 Å². The first-order valence-corrected chi connectivity index (χ1v) is 7.36. The summed E-state index contributed by atoms with van der Waals surface area (Å²) >= 11 is 0. The summed E-state index contributed by atoms with van der Waals surface area (Å²) in [7, 11) is 0. The normalized spacial score (nSPS) is 11.4. The van der Waals surface area contributed by atoms with Crippen LogP contribution in [0.15, 0.2) is 36.5 Å². The van der Waals surface area contributed by atoms with Gasteiger partial charge >= 0.3 is 5.97 Å². The molecule has 4 nitrogen and oxygen atoms in total. The Morgan fingerprint density at radius 1 is 1.29 bits per heavy atom. The number of pyridine rings is 1. The Morgan fingerprint density at radius 3 is 2.76 bits per heavy atom. The van der Waals surface area contributed by atoms with Gasteiger partial charge in [-0.1, -0.05) is 18.2 Å². The Morgan fingerprint density at radius 2 is 2.05 bits per heavy atom. The number of carboxylic acid groups (broad SMARTS) is 1. The molecule has 0 aliphatic rings. The third-order valence-corrected chi connectivity index (χ3v) is 3.68. The van der Waals surface area contributed by atoms with Crippen LogP contribution in [0.4, 0.5) is 0 Å². The Kier molecular flexibility index (Phi) is 5.28. The van der Waals surface area contributed by atoms with E-state index in [-0.39, 0.29) is 6.42 Å². The molecule has 112 valence electrons. The van der Waals surface area contributed by atoms with Gasteiger partial charge < -0.3 is 5.11 Å². The highest BCUT2D eigenvalue weighted by Gasteiger charge is 2.12. The van der Waals surface area contributed by atoms with Crippen LogP contribution in [0, 0.1) is 0 Å². The minimum absolute atomic E-state index is 0.223. The summed E-state index contributed by atoms with van der Waals surface area (Å²) < 4.78 is 0. The molecular formula is C17H22N2O2. The summed E-state index contributed by atoms with van der Waals surface area (Å²) in [6, 6.07) is 10.6. The van der Waals surface area contributed by atoms with Crippen molar-refractivity contribution in [1.29, 1.82) is 0 Å². The fourth-order valence-corrected chi connectivity index (χ4v) is 2.46. The number of carbonyl (C=O) groups is 1. The highest BCUT2D eigenvalue weighted by atomic mass is 16.4. The van der Waals surface area contributed by atoms with E-state index < -0.39 is 5.97 Å². The number of carboxylic acids is 1. The minimum Gasteiger partial charge on any atom is -0.481 e. The summed E-state index contributed by atoms with van der Waals surface area (Å²) in [4.78, 5) is 17.4. The molecule has 1 aromatic heterocycles. The number of rotatable bonds is 7. The summed E-state index contributed by atoms with van der Waals surface area (Å²) in [6.45, 7) is 5.90. The number of hydrogen-bond acceptors (Lipinski definition) is 3. The summed E-state index contributed by atoms with van der Waals surface area (Å²) in [6.07, 6.45) is 2.74. The molecule has 4 heteroatoms. The van der Waals surface area contributed by atoms with Gasteiger partial charge in [0.15, 0.2) is 0 Å². The van der Waals surface area contributed by atoms with Crippen molar-refractivity contribution in [3.05, 3.63) is 42.1 Å². The molecule has 0 aliphatic heterocycles. The monoisotopic (exact) mass is 286 g/mol. The Bertz CT molecular complexity index is 605. The van der Waals surface area contributed by atoms with Crippen LogP contribution in [0.25, 0.3) is 10.9 Å². The van der Waals surface area contributed by atoms with Gasteiger partial charge in [-0.3, -0.25) is 14.7 Å². The van der Waals surface area contributed by atoms with Crippen molar-refractivity contribution in [3.63, 3.8) is 0 Å². The molecule has 0 aliphatic carbocycles. The number of aromatic nitrogens is 1. The van der Waals surface area contributed by atoms with E-state index in [0.717, 1.165) is 18.6 Å². The van der Waals surface area contributed by atoms with E-state index in [1.807, 2.05) is 24.4 Å². The topological polar surface area (TPSA) is 53.4 Å². The van der Waals surface area contributed by atoms with Crippen molar-refractivity contribution in [2.45, 2.75) is 39.3 Å². The Labute approximate surface area is 125 Å². The van der Waals surface area contributed by atoms with Gasteiger partial charge in [0, 0.05) is 30.6 Å². The molecule has 1 N–H and O–H groups in total. The third kappa shape index (κ3) is 4.26. The lowest BCUT2D eigenvalue weighted by Gasteiger charge is -2.26. The van der Waals surface area contributed by atoms with Gasteiger partial charge in [0.2, 0.25) is 0 Å². The fourth-order valence-electron chi connectivity index (χ4n) is 2.46. The standard InChI is InChI=1S/C17H22N2O2/c1-13(2)19(11-5-8-17(20)21)12-14-9-10-18-16-7-4-3-6-15(14)16/h3-4,6-7,9-10,13H,5,8,11-12H2,1-2H3,(H,20,21). The maximum absolute atomic E-state index is 10.7. The molecule has 21 heavy (non-hydrogen) atoms. The summed E-state index contributed by atoms with van der Waals surface area (Å²) in [5.41, 5.74) is 2.24. The van der Waals surface area contributed by atoms with E-state index in [0.29, 0.717) is 12.5 Å². The van der Waals surface area contributed by atoms with Crippen LogP contribution < -0.4 is 0 Å². The van der Waals surface area contributed by atoms with Crippen molar-refractivity contribution >= 4 is 16.9 Å². The molecule has 0 fully saturated rings. The molecule has 1 aromatic carbocycles. The van der Waals surface area contributed by atoms with E-state index in [4.69, 9.17) is 5.11 Å². The molecule has 0 saturated carbocycles. The highest BCUT2D eigenvalue weighted by molar-refractivity contribution is 5.81. The van der Waals surface area contributed by atoms with Crippen LogP contribution in [0.3, 0.4) is 0 Å². The summed E-state index contributed by atoms with van der Waals surface area (Å²) in [5, 5.41) is 9.94. The number of benzene rings is 1. The number of nitrogens with zero attached hydrogens (tertiary/aromatic N) is 2. The van der Waals surface area contributed by atoms with E-state index in [1.165, 1.54) is 10.9 Å². The first-order valence-electron chi connectivity index (χ1n) is 7.36. The van der Waals surface area contributed by atoms with Crippen molar-refractivity contribution in [2.24, 2.45) is 0 Å². The van der Waals surface area contributed by atoms with Gasteiger partial charge in [-0.25, -0.2) is 0 Å². The molecule has 2 aromatic rings. The highest BCUT2D eigenvalue weighted by Crippen LogP contribution is 2.19. The molecule has 0 spiro atoms. The van der Waals surface area contributed by atoms with Crippen LogP contribution in [0.2, 0.25) is 0 Å². The zero-order chi connectivity index (χ0) is 15.2. The molecule has 0 saturated heterocycles. The zero-order valence-electron chi connectivity index (χ0n) is 12.6. The number of fused-ring (bicyclic) bond motifs is 1. The second kappa shape index (κ2) is 7.18. The quantitative estimate of drug-likeness (QED) is 0.848. The molecule has 1 heterocycles. The van der Waals surface area contributed by atoms with Crippen LogP contribution in [-0.4, -0.2) is 33.5 Å². The van der Waals surface area contributed by atoms with Gasteiger partial charge in [0.25, 0.3) is 0 Å². The van der Waals surface area contributed by atoms with E-state index in [9.17, 15) is 4.79 Å². The van der Waals surface area contributed by atoms with Crippen molar-refractivity contribution < 1.29 is 9.90 Å². The van der Waals surface area contributed by atoms with Gasteiger partial charge in [-0.15, -0.1) is 0 Å². The molecule has 0 radical (unpaired) electrons. The number of para-hydroxylation sites is 1. The lowest BCUT2D eigenvalue weighted by molar-refractivity contribution is -0.137. The van der Waals surface area contributed by atoms with Gasteiger partial charge in [-0.05, 0) is 44.5 Å². The van der Waals surface area contributed by atoms with Gasteiger partial charge in [0.05, 0.1) is 5.52 Å². The van der Waals surface area contributed by atoms with E-state index >= 15 is 0 Å². The maximum atomic E-state index is 10.7. The maximum Gasteiger partial charge on any atom is 0.303 e. The SMILES string of the molecule is CC(C)N(CCCC(=O)O)Cc1ccnc2ccccc12. The molecule has 0 bridgehead atoms. The van der Waals surface area contributed by atoms with Crippen LogP contribution in [0.5, 0.6) is 0 Å². The van der Waals surface area contributed by atoms with E-state index in [2.05, 4.69) is 35.9 Å². The van der Waals surface area contributed by atoms with Crippen LogP contribution in [-0.2, 0) is 11.3 Å². The largest absolute Gasteiger partial charge is 0.481 e. The molecule has 0 unspecified atom stereocenters. The predicted molar refractivity (Wildman–Crippen MR) is 84.2 cm³/mol. The first kappa shape index (κ1) is 15.4. The third-order valence-electron chi connectivity index (χ3n) is 3.68. The lowest BCUT2D eigenvalue weighted by Crippen LogP contribution is -2.31. The predicted octanol–water partition coefficient (Wildman–Crippen LogP) is 3.31. The molecular weight excluding hydrogens is 264 g/mol. The van der Waals surface area contributed by atoms with Gasteiger partial charge in [-0.2, -0.15) is 0 Å². The average molecular weight is 286 g/mol. The van der Waals surface area contributed by atoms with Crippen LogP contribution >= 0.6 is 0 Å². The van der Waals surface area contributed by atoms with Crippen molar-refractivity contribution in [2.75, 3.05) is 6.54 Å². The smallest absolute Gasteiger partial charge is 0.303 e. The van der Waals surface area contributed by atoms with Crippen LogP contribution in [0.1, 0.15) is 32.3 Å². The zero-order valence-corrected chi connectivity index (χ0v) is 12.6. The summed E-state index contributed by atoms with van der Waals surface area (Å²) in [5.74, 6) is -0.729. The number of hydrogen-bond donors (Lipinski definition) is 1. The van der Waals surface area contributed by atoms with Crippen molar-refractivity contribution in [1.82, 2.24) is 9.88 Å². The fraction of sp³-hybridized carbons (Fsp3) is 0.412. The number of aliphatic carboxylic acids is 1. The molecule has 0 amide bonds. The Balaban J connectivity index is 2.13. The minimum atomic E-state index is -0.729. The van der Waals surface area contributed by atoms with Gasteiger partial charge in [0.1, 0.15) is 0 Å². The second-order valence-corrected chi connectivity index (χ2v) is 5.55. The molecule has 0 atom stereocenters. The van der Waals surface area contributed by atoms with E-state index in [1.54, 1.807) is 0 Å².